The molecule has 3 aromatic rings. The highest BCUT2D eigenvalue weighted by Gasteiger charge is 2.37. The van der Waals surface area contributed by atoms with Crippen LogP contribution in [0.5, 0.6) is 0 Å². The molecule has 1 aliphatic heterocycles. The van der Waals surface area contributed by atoms with Crippen molar-refractivity contribution in [2.24, 2.45) is 0 Å². The molecule has 198 valence electrons. The predicted molar refractivity (Wildman–Crippen MR) is 160 cm³/mol. The molecule has 1 saturated heterocycles. The van der Waals surface area contributed by atoms with E-state index in [1.54, 1.807) is 0 Å². The molecule has 2 aliphatic rings. The van der Waals surface area contributed by atoms with Crippen molar-refractivity contribution in [2.75, 3.05) is 33.2 Å². The van der Waals surface area contributed by atoms with Gasteiger partial charge in [0.1, 0.15) is 0 Å². The first kappa shape index (κ1) is 27.0. The number of hydrogen-bond donors (Lipinski definition) is 0. The van der Waals surface area contributed by atoms with Crippen LogP contribution in [-0.4, -0.2) is 48.9 Å². The van der Waals surface area contributed by atoms with E-state index < -0.39 is 0 Å². The second-order valence-corrected chi connectivity index (χ2v) is 11.9. The van der Waals surface area contributed by atoms with Crippen molar-refractivity contribution in [2.45, 2.75) is 44.4 Å². The molecule has 1 spiro atoms. The van der Waals surface area contributed by atoms with E-state index >= 15 is 0 Å². The quantitative estimate of drug-likeness (QED) is 0.300. The summed E-state index contributed by atoms with van der Waals surface area (Å²) in [5.41, 5.74) is 7.23. The van der Waals surface area contributed by atoms with Gasteiger partial charge in [0.15, 0.2) is 0 Å². The summed E-state index contributed by atoms with van der Waals surface area (Å²) in [7, 11) is 1.90. The van der Waals surface area contributed by atoms with Gasteiger partial charge in [-0.05, 0) is 105 Å². The Morgan fingerprint density at radius 1 is 0.974 bits per heavy atom. The fourth-order valence-electron chi connectivity index (χ4n) is 6.02. The number of benzene rings is 3. The van der Waals surface area contributed by atoms with Gasteiger partial charge in [0.25, 0.3) is 5.91 Å². The Hall–Kier alpha value is -2.59. The van der Waals surface area contributed by atoms with Crippen molar-refractivity contribution >= 4 is 35.2 Å². The summed E-state index contributed by atoms with van der Waals surface area (Å²) in [6, 6.07) is 20.6. The lowest BCUT2D eigenvalue weighted by molar-refractivity contribution is 0.0781. The number of likely N-dealkylation sites (N-methyl/N-ethyl adjacent to an activating group) is 1. The highest BCUT2D eigenvalue weighted by Crippen LogP contribution is 2.43. The molecule has 3 nitrogen and oxygen atoms in total. The fourth-order valence-corrected chi connectivity index (χ4v) is 6.33. The lowest BCUT2D eigenvalue weighted by Gasteiger charge is -2.40. The summed E-state index contributed by atoms with van der Waals surface area (Å²) in [4.78, 5) is 17.7. The van der Waals surface area contributed by atoms with Gasteiger partial charge in [-0.25, -0.2) is 0 Å². The largest absolute Gasteiger partial charge is 0.341 e. The van der Waals surface area contributed by atoms with Gasteiger partial charge >= 0.3 is 0 Å². The van der Waals surface area contributed by atoms with E-state index in [1.165, 1.54) is 16.7 Å². The smallest absolute Gasteiger partial charge is 0.253 e. The average Bonchev–Trinajstić information content (AvgIpc) is 3.28. The number of rotatable bonds is 7. The van der Waals surface area contributed by atoms with Gasteiger partial charge in [-0.2, -0.15) is 0 Å². The van der Waals surface area contributed by atoms with Crippen LogP contribution in [0.2, 0.25) is 10.0 Å². The van der Waals surface area contributed by atoms with Crippen LogP contribution >= 0.6 is 23.2 Å². The fraction of sp³-hybridized carbons (Fsp3) is 0.364. The Balaban J connectivity index is 1.27. The summed E-state index contributed by atoms with van der Waals surface area (Å²) >= 11 is 12.6. The van der Waals surface area contributed by atoms with E-state index in [2.05, 4.69) is 54.3 Å². The Morgan fingerprint density at radius 3 is 2.47 bits per heavy atom. The molecule has 1 fully saturated rings. The summed E-state index contributed by atoms with van der Waals surface area (Å²) < 4.78 is 0. The zero-order valence-electron chi connectivity index (χ0n) is 22.5. The molecule has 1 amide bonds. The summed E-state index contributed by atoms with van der Waals surface area (Å²) in [5, 5.41) is 1.11. The number of amides is 1. The van der Waals surface area contributed by atoms with E-state index in [0.29, 0.717) is 16.6 Å². The van der Waals surface area contributed by atoms with Gasteiger partial charge in [0, 0.05) is 30.5 Å². The molecule has 0 aromatic heterocycles. The Morgan fingerprint density at radius 2 is 1.74 bits per heavy atom. The van der Waals surface area contributed by atoms with Gasteiger partial charge in [0.05, 0.1) is 10.0 Å². The molecule has 0 radical (unpaired) electrons. The van der Waals surface area contributed by atoms with E-state index in [1.807, 2.05) is 49.2 Å². The van der Waals surface area contributed by atoms with E-state index in [0.717, 1.165) is 55.6 Å². The molecule has 1 atom stereocenters. The standard InChI is InChI=1S/C33H36Cl2N2O/c1-23-8-9-27(20-24(23)2)32(38)36(3)22-28(26-10-11-30(34)31(35)21-26)13-17-37-18-15-33(16-19-37)14-12-25-6-4-5-7-29(25)33/h4-12,14,20-21,28H,13,15-19,22H2,1-3H3/t28-/m1/s1. The molecule has 5 rings (SSSR count). The van der Waals surface area contributed by atoms with Crippen LogP contribution in [0.1, 0.15) is 63.4 Å². The van der Waals surface area contributed by atoms with E-state index in [-0.39, 0.29) is 17.2 Å². The topological polar surface area (TPSA) is 23.6 Å². The van der Waals surface area contributed by atoms with Crippen LogP contribution in [0.15, 0.2) is 66.7 Å². The average molecular weight is 548 g/mol. The first-order valence-corrected chi connectivity index (χ1v) is 14.3. The molecule has 0 bridgehead atoms. The minimum absolute atomic E-state index is 0.0461. The molecule has 1 heterocycles. The molecule has 5 heteroatoms. The number of carbonyl (C=O) groups is 1. The third-order valence-electron chi connectivity index (χ3n) is 8.63. The number of carbonyl (C=O) groups excluding carboxylic acids is 1. The monoisotopic (exact) mass is 546 g/mol. The van der Waals surface area contributed by atoms with Crippen LogP contribution in [0.3, 0.4) is 0 Å². The minimum atomic E-state index is 0.0461. The van der Waals surface area contributed by atoms with Gasteiger partial charge in [-0.3, -0.25) is 4.79 Å². The maximum atomic E-state index is 13.3. The van der Waals surface area contributed by atoms with Crippen LogP contribution in [-0.2, 0) is 5.41 Å². The molecule has 3 aromatic carbocycles. The second kappa shape index (κ2) is 11.3. The zero-order valence-corrected chi connectivity index (χ0v) is 24.0. The third kappa shape index (κ3) is 5.57. The van der Waals surface area contributed by atoms with Crippen LogP contribution in [0.25, 0.3) is 6.08 Å². The number of aryl methyl sites for hydroxylation is 2. The van der Waals surface area contributed by atoms with Crippen molar-refractivity contribution in [3.63, 3.8) is 0 Å². The van der Waals surface area contributed by atoms with Crippen molar-refractivity contribution in [3.05, 3.63) is 110 Å². The van der Waals surface area contributed by atoms with Crippen molar-refractivity contribution in [3.8, 4) is 0 Å². The number of halogens is 2. The first-order valence-electron chi connectivity index (χ1n) is 13.5. The molecular weight excluding hydrogens is 511 g/mol. The molecular formula is C33H36Cl2N2O. The molecule has 0 unspecified atom stereocenters. The highest BCUT2D eigenvalue weighted by molar-refractivity contribution is 6.42. The SMILES string of the molecule is Cc1ccc(C(=O)N(C)C[C@@H](CCN2CCC3(C=Cc4ccccc43)CC2)c2ccc(Cl)c(Cl)c2)cc1C. The molecule has 0 N–H and O–H groups in total. The summed E-state index contributed by atoms with van der Waals surface area (Å²) in [5.74, 6) is 0.206. The van der Waals surface area contributed by atoms with Crippen molar-refractivity contribution in [1.29, 1.82) is 0 Å². The van der Waals surface area contributed by atoms with E-state index in [4.69, 9.17) is 23.2 Å². The van der Waals surface area contributed by atoms with Crippen molar-refractivity contribution in [1.82, 2.24) is 9.80 Å². The van der Waals surface area contributed by atoms with Crippen LogP contribution in [0.4, 0.5) is 0 Å². The number of nitrogens with zero attached hydrogens (tertiary/aromatic N) is 2. The Labute approximate surface area is 237 Å². The first-order chi connectivity index (χ1) is 18.3. The summed E-state index contributed by atoms with van der Waals surface area (Å²) in [6.45, 7) is 7.87. The number of piperidine rings is 1. The maximum absolute atomic E-state index is 13.3. The van der Waals surface area contributed by atoms with E-state index in [9.17, 15) is 4.79 Å². The third-order valence-corrected chi connectivity index (χ3v) is 9.37. The summed E-state index contributed by atoms with van der Waals surface area (Å²) in [6.07, 6.45) is 7.96. The Bertz CT molecular complexity index is 1360. The lowest BCUT2D eigenvalue weighted by Crippen LogP contribution is -2.42. The normalized spacial score (nSPS) is 17.0. The number of likely N-dealkylation sites (tertiary alicyclic amines) is 1. The van der Waals surface area contributed by atoms with Crippen LogP contribution < -0.4 is 0 Å². The highest BCUT2D eigenvalue weighted by atomic mass is 35.5. The zero-order chi connectivity index (χ0) is 26.9. The van der Waals surface area contributed by atoms with Crippen molar-refractivity contribution < 1.29 is 4.79 Å². The second-order valence-electron chi connectivity index (χ2n) is 11.1. The van der Waals surface area contributed by atoms with Gasteiger partial charge in [-0.1, -0.05) is 71.8 Å². The lowest BCUT2D eigenvalue weighted by atomic mass is 9.74. The molecule has 1 aliphatic carbocycles. The maximum Gasteiger partial charge on any atom is 0.253 e. The minimum Gasteiger partial charge on any atom is -0.341 e. The molecule has 38 heavy (non-hydrogen) atoms. The Kier molecular flexibility index (Phi) is 8.00. The number of fused-ring (bicyclic) bond motifs is 2. The molecule has 0 saturated carbocycles. The number of allylic oxidation sites excluding steroid dienone is 1. The number of hydrogen-bond acceptors (Lipinski definition) is 2. The van der Waals surface area contributed by atoms with Gasteiger partial charge in [-0.15, -0.1) is 0 Å². The van der Waals surface area contributed by atoms with Gasteiger partial charge in [0.2, 0.25) is 0 Å². The van der Waals surface area contributed by atoms with Gasteiger partial charge < -0.3 is 9.80 Å². The predicted octanol–water partition coefficient (Wildman–Crippen LogP) is 7.92. The van der Waals surface area contributed by atoms with Crippen LogP contribution in [0, 0.1) is 13.8 Å².